The van der Waals surface area contributed by atoms with Crippen LogP contribution in [0.4, 0.5) is 0 Å². The highest BCUT2D eigenvalue weighted by atomic mass is 16.5. The average Bonchev–Trinajstić information content (AvgIpc) is 2.48. The highest BCUT2D eigenvalue weighted by molar-refractivity contribution is 5.37. The van der Waals surface area contributed by atoms with Gasteiger partial charge in [-0.15, -0.1) is 0 Å². The van der Waals surface area contributed by atoms with Gasteiger partial charge in [0, 0.05) is 0 Å². The van der Waals surface area contributed by atoms with Crippen LogP contribution in [0.2, 0.25) is 0 Å². The Kier molecular flexibility index (Phi) is 5.90. The van der Waals surface area contributed by atoms with Crippen molar-refractivity contribution in [3.8, 4) is 5.75 Å². The van der Waals surface area contributed by atoms with Gasteiger partial charge < -0.3 is 10.5 Å². The van der Waals surface area contributed by atoms with E-state index in [9.17, 15) is 0 Å². The summed E-state index contributed by atoms with van der Waals surface area (Å²) in [6.45, 7) is 5.87. The summed E-state index contributed by atoms with van der Waals surface area (Å²) >= 11 is 0. The summed E-state index contributed by atoms with van der Waals surface area (Å²) in [4.78, 5) is 0. The first-order valence-corrected chi connectivity index (χ1v) is 8.21. The molecule has 1 aromatic carbocycles. The molecule has 1 saturated carbocycles. The standard InChI is InChI=1S/C18H29NO/c1-3-7-14-10-11-15(13-19)17(12-14)16-8-5-6-9-18(16)20-4-2/h5-6,8-9,14-15,17H,3-4,7,10-13,19H2,1-2H3. The summed E-state index contributed by atoms with van der Waals surface area (Å²) in [6, 6.07) is 8.55. The van der Waals surface area contributed by atoms with Gasteiger partial charge in [-0.25, -0.2) is 0 Å². The van der Waals surface area contributed by atoms with Gasteiger partial charge in [0.05, 0.1) is 6.61 Å². The molecule has 0 aliphatic heterocycles. The first-order chi connectivity index (χ1) is 9.80. The van der Waals surface area contributed by atoms with Crippen molar-refractivity contribution in [2.45, 2.75) is 51.9 Å². The number of para-hydroxylation sites is 1. The predicted octanol–water partition coefficient (Wildman–Crippen LogP) is 4.34. The second kappa shape index (κ2) is 7.68. The lowest BCUT2D eigenvalue weighted by Gasteiger charge is -2.36. The van der Waals surface area contributed by atoms with Gasteiger partial charge in [-0.1, -0.05) is 44.4 Å². The molecule has 0 saturated heterocycles. The monoisotopic (exact) mass is 275 g/mol. The van der Waals surface area contributed by atoms with Crippen molar-refractivity contribution in [2.75, 3.05) is 13.2 Å². The van der Waals surface area contributed by atoms with Gasteiger partial charge in [-0.3, -0.25) is 0 Å². The van der Waals surface area contributed by atoms with Crippen LogP contribution in [0.15, 0.2) is 24.3 Å². The smallest absolute Gasteiger partial charge is 0.122 e. The number of hydrogen-bond donors (Lipinski definition) is 1. The molecule has 2 heteroatoms. The second-order valence-electron chi connectivity index (χ2n) is 6.04. The molecular weight excluding hydrogens is 246 g/mol. The van der Waals surface area contributed by atoms with Crippen molar-refractivity contribution in [1.29, 1.82) is 0 Å². The molecule has 1 aromatic rings. The normalized spacial score (nSPS) is 26.4. The van der Waals surface area contributed by atoms with Gasteiger partial charge in [0.1, 0.15) is 5.75 Å². The Labute approximate surface area is 123 Å². The summed E-state index contributed by atoms with van der Waals surface area (Å²) < 4.78 is 5.84. The maximum Gasteiger partial charge on any atom is 0.122 e. The molecule has 2 nitrogen and oxygen atoms in total. The van der Waals surface area contributed by atoms with E-state index in [-0.39, 0.29) is 0 Å². The maximum absolute atomic E-state index is 6.03. The van der Waals surface area contributed by atoms with Crippen molar-refractivity contribution in [3.05, 3.63) is 29.8 Å². The molecular formula is C18H29NO. The Morgan fingerprint density at radius 2 is 2.00 bits per heavy atom. The highest BCUT2D eigenvalue weighted by Crippen LogP contribution is 2.44. The minimum Gasteiger partial charge on any atom is -0.494 e. The van der Waals surface area contributed by atoms with Crippen LogP contribution in [0.5, 0.6) is 5.75 Å². The molecule has 3 unspecified atom stereocenters. The van der Waals surface area contributed by atoms with Crippen LogP contribution in [0.25, 0.3) is 0 Å². The summed E-state index contributed by atoms with van der Waals surface area (Å²) in [7, 11) is 0. The zero-order chi connectivity index (χ0) is 14.4. The largest absolute Gasteiger partial charge is 0.494 e. The van der Waals surface area contributed by atoms with E-state index < -0.39 is 0 Å². The van der Waals surface area contributed by atoms with Crippen LogP contribution in [0.1, 0.15) is 57.4 Å². The fraction of sp³-hybridized carbons (Fsp3) is 0.667. The fourth-order valence-electron chi connectivity index (χ4n) is 3.73. The van der Waals surface area contributed by atoms with Crippen LogP contribution in [-0.4, -0.2) is 13.2 Å². The van der Waals surface area contributed by atoms with Crippen LogP contribution in [0.3, 0.4) is 0 Å². The third-order valence-electron chi connectivity index (χ3n) is 4.72. The Bertz CT molecular complexity index is 404. The zero-order valence-corrected chi connectivity index (χ0v) is 13.0. The topological polar surface area (TPSA) is 35.2 Å². The van der Waals surface area contributed by atoms with Gasteiger partial charge in [-0.05, 0) is 55.7 Å². The molecule has 0 amide bonds. The van der Waals surface area contributed by atoms with E-state index in [0.717, 1.165) is 24.8 Å². The Balaban J connectivity index is 2.21. The Hall–Kier alpha value is -1.02. The molecule has 1 aliphatic rings. The van der Waals surface area contributed by atoms with Crippen LogP contribution < -0.4 is 10.5 Å². The molecule has 20 heavy (non-hydrogen) atoms. The van der Waals surface area contributed by atoms with Gasteiger partial charge in [-0.2, -0.15) is 0 Å². The van der Waals surface area contributed by atoms with E-state index in [0.29, 0.717) is 11.8 Å². The number of rotatable bonds is 6. The number of ether oxygens (including phenoxy) is 1. The zero-order valence-electron chi connectivity index (χ0n) is 13.0. The molecule has 0 bridgehead atoms. The van der Waals surface area contributed by atoms with Crippen molar-refractivity contribution in [1.82, 2.24) is 0 Å². The number of nitrogens with two attached hydrogens (primary N) is 1. The molecule has 0 spiro atoms. The van der Waals surface area contributed by atoms with Crippen LogP contribution in [-0.2, 0) is 0 Å². The molecule has 3 atom stereocenters. The third-order valence-corrected chi connectivity index (χ3v) is 4.72. The van der Waals surface area contributed by atoms with E-state index in [4.69, 9.17) is 10.5 Å². The van der Waals surface area contributed by atoms with E-state index in [1.165, 1.54) is 37.7 Å². The average molecular weight is 275 g/mol. The van der Waals surface area contributed by atoms with Crippen molar-refractivity contribution >= 4 is 0 Å². The molecule has 2 rings (SSSR count). The van der Waals surface area contributed by atoms with Crippen molar-refractivity contribution < 1.29 is 4.74 Å². The Morgan fingerprint density at radius 1 is 1.20 bits per heavy atom. The second-order valence-corrected chi connectivity index (χ2v) is 6.04. The van der Waals surface area contributed by atoms with Crippen molar-refractivity contribution in [3.63, 3.8) is 0 Å². The number of hydrogen-bond acceptors (Lipinski definition) is 2. The van der Waals surface area contributed by atoms with Crippen LogP contribution >= 0.6 is 0 Å². The molecule has 1 aliphatic carbocycles. The van der Waals surface area contributed by atoms with Gasteiger partial charge in [0.15, 0.2) is 0 Å². The van der Waals surface area contributed by atoms with Gasteiger partial charge in [0.25, 0.3) is 0 Å². The summed E-state index contributed by atoms with van der Waals surface area (Å²) in [5.41, 5.74) is 7.41. The van der Waals surface area contributed by atoms with Crippen molar-refractivity contribution in [2.24, 2.45) is 17.6 Å². The summed E-state index contributed by atoms with van der Waals surface area (Å²) in [5.74, 6) is 3.12. The molecule has 112 valence electrons. The lowest BCUT2D eigenvalue weighted by molar-refractivity contribution is 0.224. The lowest BCUT2D eigenvalue weighted by Crippen LogP contribution is -2.29. The highest BCUT2D eigenvalue weighted by Gasteiger charge is 2.31. The van der Waals surface area contributed by atoms with Gasteiger partial charge in [0.2, 0.25) is 0 Å². The third kappa shape index (κ3) is 3.54. The quantitative estimate of drug-likeness (QED) is 0.838. The first-order valence-electron chi connectivity index (χ1n) is 8.21. The minimum absolute atomic E-state index is 0.577. The molecule has 0 heterocycles. The molecule has 0 radical (unpaired) electrons. The lowest BCUT2D eigenvalue weighted by atomic mass is 9.70. The Morgan fingerprint density at radius 3 is 2.70 bits per heavy atom. The molecule has 0 aromatic heterocycles. The minimum atomic E-state index is 0.577. The predicted molar refractivity (Wildman–Crippen MR) is 85.1 cm³/mol. The van der Waals surface area contributed by atoms with Gasteiger partial charge >= 0.3 is 0 Å². The molecule has 2 N–H and O–H groups in total. The van der Waals surface area contributed by atoms with E-state index >= 15 is 0 Å². The fourth-order valence-corrected chi connectivity index (χ4v) is 3.73. The van der Waals surface area contributed by atoms with Crippen LogP contribution in [0, 0.1) is 11.8 Å². The van der Waals surface area contributed by atoms with E-state index in [1.54, 1.807) is 0 Å². The first kappa shape index (κ1) is 15.4. The number of benzene rings is 1. The maximum atomic E-state index is 6.03. The molecule has 1 fully saturated rings. The summed E-state index contributed by atoms with van der Waals surface area (Å²) in [6.07, 6.45) is 6.54. The van der Waals surface area contributed by atoms with E-state index in [1.807, 2.05) is 0 Å². The SMILES string of the molecule is CCCC1CCC(CN)C(c2ccccc2OCC)C1. The summed E-state index contributed by atoms with van der Waals surface area (Å²) in [5, 5.41) is 0. The van der Waals surface area contributed by atoms with E-state index in [2.05, 4.69) is 38.1 Å².